The number of benzene rings is 1. The Morgan fingerprint density at radius 1 is 1.29 bits per heavy atom. The van der Waals surface area contributed by atoms with E-state index in [0.29, 0.717) is 6.42 Å². The van der Waals surface area contributed by atoms with Crippen LogP contribution < -0.4 is 0 Å². The van der Waals surface area contributed by atoms with E-state index in [1.54, 1.807) is 13.8 Å². The van der Waals surface area contributed by atoms with Crippen LogP contribution >= 0.6 is 0 Å². The van der Waals surface area contributed by atoms with Crippen molar-refractivity contribution < 1.29 is 23.8 Å². The van der Waals surface area contributed by atoms with E-state index >= 15 is 0 Å². The van der Waals surface area contributed by atoms with E-state index in [1.165, 1.54) is 12.1 Å². The number of carbonyl (C=O) groups is 2. The molecule has 0 aliphatic carbocycles. The maximum atomic E-state index is 13.6. The van der Waals surface area contributed by atoms with Crippen LogP contribution in [0.5, 0.6) is 0 Å². The molecule has 1 rings (SSSR count). The van der Waals surface area contributed by atoms with Crippen molar-refractivity contribution in [1.82, 2.24) is 0 Å². The predicted molar refractivity (Wildman–Crippen MR) is 77.0 cm³/mol. The molecule has 0 unspecified atom stereocenters. The number of carboxylic acids is 1. The minimum Gasteiger partial charge on any atom is -0.478 e. The van der Waals surface area contributed by atoms with Crippen LogP contribution in [-0.4, -0.2) is 22.6 Å². The maximum absolute atomic E-state index is 13.6. The fraction of sp³-hybridized carbons (Fsp3) is 0.500. The first-order valence-electron chi connectivity index (χ1n) is 7.03. The lowest BCUT2D eigenvalue weighted by atomic mass is 10.00. The van der Waals surface area contributed by atoms with E-state index < -0.39 is 28.9 Å². The van der Waals surface area contributed by atoms with Gasteiger partial charge in [0.25, 0.3) is 0 Å². The highest BCUT2D eigenvalue weighted by atomic mass is 19.1. The van der Waals surface area contributed by atoms with Gasteiger partial charge in [-0.05, 0) is 38.8 Å². The predicted octanol–water partition coefficient (Wildman–Crippen LogP) is 4.04. The Morgan fingerprint density at radius 3 is 2.52 bits per heavy atom. The molecule has 0 atom stereocenters. The summed E-state index contributed by atoms with van der Waals surface area (Å²) in [5, 5.41) is 9.02. The van der Waals surface area contributed by atoms with Crippen molar-refractivity contribution in [1.29, 1.82) is 0 Å². The fourth-order valence-corrected chi connectivity index (χ4v) is 2.07. The highest BCUT2D eigenvalue weighted by Gasteiger charge is 2.27. The second-order valence-corrected chi connectivity index (χ2v) is 5.57. The van der Waals surface area contributed by atoms with Crippen molar-refractivity contribution in [2.45, 2.75) is 52.1 Å². The molecule has 0 saturated carbocycles. The van der Waals surface area contributed by atoms with Crippen LogP contribution in [0.15, 0.2) is 18.2 Å². The Balaban J connectivity index is 2.90. The van der Waals surface area contributed by atoms with E-state index in [4.69, 9.17) is 9.84 Å². The fourth-order valence-electron chi connectivity index (χ4n) is 2.07. The van der Waals surface area contributed by atoms with Gasteiger partial charge in [0.1, 0.15) is 17.0 Å². The molecule has 0 spiro atoms. The number of carbonyl (C=O) groups excluding carboxylic acids is 1. The van der Waals surface area contributed by atoms with Gasteiger partial charge in [0, 0.05) is 0 Å². The van der Waals surface area contributed by atoms with E-state index in [9.17, 15) is 14.0 Å². The first-order valence-corrected chi connectivity index (χ1v) is 7.03. The van der Waals surface area contributed by atoms with Crippen LogP contribution in [0.1, 0.15) is 67.2 Å². The number of halogens is 1. The summed E-state index contributed by atoms with van der Waals surface area (Å²) in [5.41, 5.74) is -1.62. The normalized spacial score (nSPS) is 11.2. The SMILES string of the molecule is CCCCCC(C)(C)OC(=O)c1cccc(F)c1C(=O)O. The average Bonchev–Trinajstić information content (AvgIpc) is 2.37. The zero-order chi connectivity index (χ0) is 16.0. The van der Waals surface area contributed by atoms with Crippen LogP contribution in [0.25, 0.3) is 0 Å². The van der Waals surface area contributed by atoms with Gasteiger partial charge < -0.3 is 9.84 Å². The van der Waals surface area contributed by atoms with Gasteiger partial charge in [-0.15, -0.1) is 0 Å². The summed E-state index contributed by atoms with van der Waals surface area (Å²) in [6.07, 6.45) is 3.66. The number of unbranched alkanes of at least 4 members (excludes halogenated alkanes) is 2. The van der Waals surface area contributed by atoms with Crippen molar-refractivity contribution in [3.05, 3.63) is 35.1 Å². The zero-order valence-corrected chi connectivity index (χ0v) is 12.6. The van der Waals surface area contributed by atoms with E-state index in [-0.39, 0.29) is 5.56 Å². The molecule has 0 aromatic heterocycles. The summed E-state index contributed by atoms with van der Waals surface area (Å²) in [6, 6.07) is 3.56. The average molecular weight is 296 g/mol. The van der Waals surface area contributed by atoms with E-state index in [2.05, 4.69) is 6.92 Å². The lowest BCUT2D eigenvalue weighted by Crippen LogP contribution is -2.29. The summed E-state index contributed by atoms with van der Waals surface area (Å²) in [5.74, 6) is -3.24. The van der Waals surface area contributed by atoms with Gasteiger partial charge in [-0.25, -0.2) is 14.0 Å². The molecule has 0 radical (unpaired) electrons. The molecule has 0 fully saturated rings. The van der Waals surface area contributed by atoms with Gasteiger partial charge in [0.2, 0.25) is 0 Å². The third-order valence-corrected chi connectivity index (χ3v) is 3.20. The molecule has 0 aliphatic heterocycles. The van der Waals surface area contributed by atoms with Crippen LogP contribution in [0, 0.1) is 5.82 Å². The molecule has 0 aliphatic rings. The molecular formula is C16H21FO4. The van der Waals surface area contributed by atoms with Crippen molar-refractivity contribution in [3.63, 3.8) is 0 Å². The first kappa shape index (κ1) is 17.1. The molecule has 5 heteroatoms. The summed E-state index contributed by atoms with van der Waals surface area (Å²) < 4.78 is 18.9. The summed E-state index contributed by atoms with van der Waals surface area (Å²) in [7, 11) is 0. The topological polar surface area (TPSA) is 63.6 Å². The Labute approximate surface area is 123 Å². The van der Waals surface area contributed by atoms with Crippen LogP contribution in [0.2, 0.25) is 0 Å². The molecule has 0 amide bonds. The smallest absolute Gasteiger partial charge is 0.339 e. The van der Waals surface area contributed by atoms with Gasteiger partial charge >= 0.3 is 11.9 Å². The molecule has 1 aromatic carbocycles. The van der Waals surface area contributed by atoms with Crippen molar-refractivity contribution in [2.75, 3.05) is 0 Å². The highest BCUT2D eigenvalue weighted by molar-refractivity contribution is 6.02. The standard InChI is InChI=1S/C16H21FO4/c1-4-5-6-10-16(2,3)21-15(20)11-8-7-9-12(17)13(11)14(18)19/h7-9H,4-6,10H2,1-3H3,(H,18,19). The Morgan fingerprint density at radius 2 is 1.95 bits per heavy atom. The minimum absolute atomic E-state index is 0.258. The monoisotopic (exact) mass is 296 g/mol. The molecule has 0 heterocycles. The van der Waals surface area contributed by atoms with Gasteiger partial charge in [-0.2, -0.15) is 0 Å². The molecule has 0 saturated heterocycles. The van der Waals surface area contributed by atoms with Crippen molar-refractivity contribution >= 4 is 11.9 Å². The number of carboxylic acid groups (broad SMARTS) is 1. The van der Waals surface area contributed by atoms with Crippen LogP contribution in [0.3, 0.4) is 0 Å². The number of ether oxygens (including phenoxy) is 1. The molecule has 116 valence electrons. The maximum Gasteiger partial charge on any atom is 0.339 e. The largest absolute Gasteiger partial charge is 0.478 e. The Bertz CT molecular complexity index is 523. The Kier molecular flexibility index (Phi) is 5.88. The first-order chi connectivity index (χ1) is 9.78. The number of hydrogen-bond donors (Lipinski definition) is 1. The Hall–Kier alpha value is -1.91. The summed E-state index contributed by atoms with van der Waals surface area (Å²) in [6.45, 7) is 5.60. The lowest BCUT2D eigenvalue weighted by molar-refractivity contribution is -0.00581. The number of hydrogen-bond acceptors (Lipinski definition) is 3. The van der Waals surface area contributed by atoms with Gasteiger partial charge in [0.05, 0.1) is 5.56 Å². The van der Waals surface area contributed by atoms with Gasteiger partial charge in [-0.3, -0.25) is 0 Å². The van der Waals surface area contributed by atoms with Gasteiger partial charge in [-0.1, -0.05) is 25.8 Å². The lowest BCUT2D eigenvalue weighted by Gasteiger charge is -2.25. The molecule has 4 nitrogen and oxygen atoms in total. The molecule has 1 N–H and O–H groups in total. The molecule has 0 bridgehead atoms. The van der Waals surface area contributed by atoms with Crippen LogP contribution in [0.4, 0.5) is 4.39 Å². The third kappa shape index (κ3) is 4.85. The summed E-state index contributed by atoms with van der Waals surface area (Å²) >= 11 is 0. The van der Waals surface area contributed by atoms with Gasteiger partial charge in [0.15, 0.2) is 0 Å². The second kappa shape index (κ2) is 7.20. The number of rotatable bonds is 7. The van der Waals surface area contributed by atoms with E-state index in [0.717, 1.165) is 25.3 Å². The zero-order valence-electron chi connectivity index (χ0n) is 12.6. The molecule has 21 heavy (non-hydrogen) atoms. The molecule has 1 aromatic rings. The minimum atomic E-state index is -1.48. The second-order valence-electron chi connectivity index (χ2n) is 5.57. The summed E-state index contributed by atoms with van der Waals surface area (Å²) in [4.78, 5) is 23.2. The highest BCUT2D eigenvalue weighted by Crippen LogP contribution is 2.22. The van der Waals surface area contributed by atoms with Crippen molar-refractivity contribution in [2.24, 2.45) is 0 Å². The van der Waals surface area contributed by atoms with Crippen LogP contribution in [-0.2, 0) is 4.74 Å². The van der Waals surface area contributed by atoms with Crippen molar-refractivity contribution in [3.8, 4) is 0 Å². The number of esters is 1. The molecular weight excluding hydrogens is 275 g/mol. The quantitative estimate of drug-likeness (QED) is 0.609. The van der Waals surface area contributed by atoms with E-state index in [1.807, 2.05) is 0 Å². The number of aromatic carboxylic acids is 1. The third-order valence-electron chi connectivity index (χ3n) is 3.20.